The van der Waals surface area contributed by atoms with E-state index in [1.807, 2.05) is 0 Å². The topological polar surface area (TPSA) is 112 Å². The van der Waals surface area contributed by atoms with Gasteiger partial charge in [-0.05, 0) is 52.9 Å². The Morgan fingerprint density at radius 2 is 1.79 bits per heavy atom. The number of pyridine rings is 2. The number of carboxylic acids is 1. The van der Waals surface area contributed by atoms with Gasteiger partial charge in [-0.2, -0.15) is 13.2 Å². The lowest BCUT2D eigenvalue weighted by Crippen LogP contribution is -2.36. The second kappa shape index (κ2) is 9.40. The smallest absolute Gasteiger partial charge is 0.405 e. The summed E-state index contributed by atoms with van der Waals surface area (Å²) in [6, 6.07) is 13.7. The maximum absolute atomic E-state index is 14.9. The average molecular weight is 525 g/mol. The van der Waals surface area contributed by atoms with Crippen LogP contribution in [0.25, 0.3) is 33.4 Å². The van der Waals surface area contributed by atoms with Crippen LogP contribution in [0.5, 0.6) is 0 Å². The number of carbonyl (C=O) groups excluding carboxylic acids is 1. The number of rotatable bonds is 6. The van der Waals surface area contributed by atoms with Gasteiger partial charge in [-0.15, -0.1) is 0 Å². The molecule has 1 amide bonds. The van der Waals surface area contributed by atoms with Gasteiger partial charge in [0.25, 0.3) is 5.91 Å². The highest BCUT2D eigenvalue weighted by atomic mass is 19.4. The second-order valence-corrected chi connectivity index (χ2v) is 9.01. The molecule has 1 aliphatic rings. The maximum Gasteiger partial charge on any atom is 0.405 e. The molecule has 4 aromatic rings. The van der Waals surface area contributed by atoms with E-state index in [0.717, 1.165) is 0 Å². The zero-order chi connectivity index (χ0) is 27.2. The van der Waals surface area contributed by atoms with E-state index in [4.69, 9.17) is 5.11 Å². The number of carbonyl (C=O) groups is 2. The fraction of sp³-hybridized carbons (Fsp3) is 0.185. The number of nitrogens with one attached hydrogen (secondary N) is 2. The number of fused-ring (bicyclic) bond motifs is 1. The van der Waals surface area contributed by atoms with Crippen LogP contribution < -0.4 is 10.7 Å². The van der Waals surface area contributed by atoms with Crippen molar-refractivity contribution in [2.24, 2.45) is 5.92 Å². The van der Waals surface area contributed by atoms with Gasteiger partial charge in [0.1, 0.15) is 23.6 Å². The van der Waals surface area contributed by atoms with Crippen LogP contribution in [0.1, 0.15) is 28.3 Å². The number of aromatic nitrogens is 2. The van der Waals surface area contributed by atoms with Crippen LogP contribution in [0.15, 0.2) is 65.6 Å². The van der Waals surface area contributed by atoms with E-state index in [0.29, 0.717) is 28.7 Å². The van der Waals surface area contributed by atoms with E-state index >= 15 is 0 Å². The van der Waals surface area contributed by atoms with Crippen LogP contribution in [0, 0.1) is 11.7 Å². The van der Waals surface area contributed by atoms with Gasteiger partial charge in [-0.3, -0.25) is 14.4 Å². The molecule has 1 aliphatic carbocycles. The number of carboxylic acid groups (broad SMARTS) is 1. The fourth-order valence-electron chi connectivity index (χ4n) is 4.49. The van der Waals surface area contributed by atoms with Crippen LogP contribution in [-0.2, 0) is 4.79 Å². The van der Waals surface area contributed by atoms with Crippen molar-refractivity contribution < 1.29 is 32.3 Å². The van der Waals surface area contributed by atoms with Crippen LogP contribution in [0.4, 0.5) is 17.6 Å². The zero-order valence-corrected chi connectivity index (χ0v) is 19.5. The molecule has 0 saturated heterocycles. The van der Waals surface area contributed by atoms with Crippen LogP contribution in [0.2, 0.25) is 0 Å². The molecular formula is C27H19F4N3O4. The molecule has 3 N–H and O–H groups in total. The first-order valence-corrected chi connectivity index (χ1v) is 11.5. The van der Waals surface area contributed by atoms with Crippen molar-refractivity contribution in [1.82, 2.24) is 15.3 Å². The molecule has 0 radical (unpaired) electrons. The third-order valence-corrected chi connectivity index (χ3v) is 6.44. The Bertz CT molecular complexity index is 1650. The van der Waals surface area contributed by atoms with Gasteiger partial charge < -0.3 is 15.4 Å². The summed E-state index contributed by atoms with van der Waals surface area (Å²) < 4.78 is 53.1. The Hall–Kier alpha value is -4.54. The summed E-state index contributed by atoms with van der Waals surface area (Å²) in [5.74, 6) is -3.74. The molecule has 2 heterocycles. The first-order chi connectivity index (χ1) is 18.0. The van der Waals surface area contributed by atoms with Crippen LogP contribution in [0.3, 0.4) is 0 Å². The van der Waals surface area contributed by atoms with E-state index in [-0.39, 0.29) is 22.6 Å². The molecule has 5 rings (SSSR count). The predicted molar refractivity (Wildman–Crippen MR) is 130 cm³/mol. The second-order valence-electron chi connectivity index (χ2n) is 9.01. The zero-order valence-electron chi connectivity index (χ0n) is 19.5. The van der Waals surface area contributed by atoms with Crippen LogP contribution >= 0.6 is 0 Å². The van der Waals surface area contributed by atoms with Gasteiger partial charge in [-0.1, -0.05) is 30.3 Å². The molecule has 2 atom stereocenters. The Kier molecular flexibility index (Phi) is 6.22. The predicted octanol–water partition coefficient (Wildman–Crippen LogP) is 4.88. The number of halogens is 4. The molecule has 1 fully saturated rings. The lowest BCUT2D eigenvalue weighted by atomic mass is 9.96. The molecule has 38 heavy (non-hydrogen) atoms. The molecular weight excluding hydrogens is 506 g/mol. The van der Waals surface area contributed by atoms with Gasteiger partial charge in [0.15, 0.2) is 0 Å². The molecule has 1 saturated carbocycles. The molecule has 194 valence electrons. The first-order valence-electron chi connectivity index (χ1n) is 11.5. The van der Waals surface area contributed by atoms with E-state index in [2.05, 4.69) is 9.97 Å². The molecule has 0 bridgehead atoms. The lowest BCUT2D eigenvalue weighted by Gasteiger charge is -2.14. The summed E-state index contributed by atoms with van der Waals surface area (Å²) in [6.45, 7) is -1.62. The third kappa shape index (κ3) is 4.86. The summed E-state index contributed by atoms with van der Waals surface area (Å²) in [6.07, 6.45) is -2.90. The standard InChI is InChI=1S/C27H19F4N3O4/c28-20-10-14(6-7-16(20)18-11-19(18)26(37)38)13-3-1-4-15(9-13)22-21(25(36)33-12-27(29,30)31)23(35)17-5-2-8-32-24(17)34-22/h1-10,18-19H,11-12H2,(H,33,36)(H,37,38)(H,32,34,35). The van der Waals surface area contributed by atoms with Crippen molar-refractivity contribution in [3.05, 3.63) is 88.0 Å². The number of aromatic amines is 1. The number of hydrogen-bond acceptors (Lipinski definition) is 4. The number of nitrogens with zero attached hydrogens (tertiary/aromatic N) is 1. The van der Waals surface area contributed by atoms with Gasteiger partial charge in [0.05, 0.1) is 17.0 Å². The van der Waals surface area contributed by atoms with E-state index in [9.17, 15) is 31.9 Å². The Balaban J connectivity index is 1.57. The van der Waals surface area contributed by atoms with E-state index in [1.54, 1.807) is 35.6 Å². The minimum Gasteiger partial charge on any atom is -0.481 e. The average Bonchev–Trinajstić information content (AvgIpc) is 3.68. The maximum atomic E-state index is 14.9. The van der Waals surface area contributed by atoms with Crippen molar-refractivity contribution in [2.75, 3.05) is 6.54 Å². The number of hydrogen-bond donors (Lipinski definition) is 3. The Labute approximate surface area is 212 Å². The largest absolute Gasteiger partial charge is 0.481 e. The van der Waals surface area contributed by atoms with E-state index < -0.39 is 47.3 Å². The molecule has 7 nitrogen and oxygen atoms in total. The molecule has 2 aromatic carbocycles. The van der Waals surface area contributed by atoms with Crippen LogP contribution in [-0.4, -0.2) is 39.7 Å². The molecule has 0 aliphatic heterocycles. The van der Waals surface area contributed by atoms with Gasteiger partial charge in [0.2, 0.25) is 5.43 Å². The summed E-state index contributed by atoms with van der Waals surface area (Å²) in [4.78, 5) is 44.1. The van der Waals surface area contributed by atoms with Crippen molar-refractivity contribution in [2.45, 2.75) is 18.5 Å². The molecule has 2 unspecified atom stereocenters. The number of benzene rings is 2. The normalized spacial score (nSPS) is 16.8. The molecule has 0 spiro atoms. The Morgan fingerprint density at radius 3 is 2.47 bits per heavy atom. The SMILES string of the molecule is O=C(NCC(F)(F)F)c1c(-c2cccc(-c3ccc(C4CC4C(=O)O)c(F)c3)c2)[nH]c2ncccc2c1=O. The first kappa shape index (κ1) is 25.1. The molecule has 11 heteroatoms. The summed E-state index contributed by atoms with van der Waals surface area (Å²) in [5, 5.41) is 10.9. The minimum absolute atomic E-state index is 0.0296. The number of aliphatic carboxylic acids is 1. The fourth-order valence-corrected chi connectivity index (χ4v) is 4.49. The number of amides is 1. The van der Waals surface area contributed by atoms with Crippen molar-refractivity contribution in [3.8, 4) is 22.4 Å². The summed E-state index contributed by atoms with van der Waals surface area (Å²) in [7, 11) is 0. The minimum atomic E-state index is -4.68. The molecule has 2 aromatic heterocycles. The summed E-state index contributed by atoms with van der Waals surface area (Å²) >= 11 is 0. The monoisotopic (exact) mass is 525 g/mol. The highest BCUT2D eigenvalue weighted by molar-refractivity contribution is 6.03. The highest BCUT2D eigenvalue weighted by Crippen LogP contribution is 2.48. The van der Waals surface area contributed by atoms with Gasteiger partial charge >= 0.3 is 12.1 Å². The van der Waals surface area contributed by atoms with Crippen molar-refractivity contribution in [1.29, 1.82) is 0 Å². The highest BCUT2D eigenvalue weighted by Gasteiger charge is 2.45. The van der Waals surface area contributed by atoms with E-state index in [1.165, 1.54) is 30.5 Å². The number of H-pyrrole nitrogens is 1. The van der Waals surface area contributed by atoms with Gasteiger partial charge in [0, 0.05) is 12.1 Å². The number of alkyl halides is 3. The third-order valence-electron chi connectivity index (χ3n) is 6.44. The quantitative estimate of drug-likeness (QED) is 0.311. The summed E-state index contributed by atoms with van der Waals surface area (Å²) in [5.41, 5.74) is 0.349. The lowest BCUT2D eigenvalue weighted by molar-refractivity contribution is -0.138. The van der Waals surface area contributed by atoms with Gasteiger partial charge in [-0.25, -0.2) is 9.37 Å². The Morgan fingerprint density at radius 1 is 1.05 bits per heavy atom. The van der Waals surface area contributed by atoms with Crippen molar-refractivity contribution in [3.63, 3.8) is 0 Å². The van der Waals surface area contributed by atoms with Crippen molar-refractivity contribution >= 4 is 22.9 Å².